The minimum atomic E-state index is -0.936. The Bertz CT molecular complexity index is 510. The highest BCUT2D eigenvalue weighted by Gasteiger charge is 2.22. The lowest BCUT2D eigenvalue weighted by molar-refractivity contribution is -0.387. The largest absolute Gasteiger partial charge is 0.463 e. The van der Waals surface area contributed by atoms with Gasteiger partial charge >= 0.3 is 17.1 Å². The Hall–Kier alpha value is -2.45. The molecule has 1 heterocycles. The smallest absolute Gasteiger partial charge is 0.395 e. The van der Waals surface area contributed by atoms with E-state index in [0.717, 1.165) is 6.33 Å². The van der Waals surface area contributed by atoms with E-state index in [4.69, 9.17) is 4.74 Å². The Kier molecular flexibility index (Phi) is 4.35. The third kappa shape index (κ3) is 3.54. The van der Waals surface area contributed by atoms with Crippen molar-refractivity contribution in [1.82, 2.24) is 15.3 Å². The average Bonchev–Trinajstić information content (AvgIpc) is 2.24. The van der Waals surface area contributed by atoms with Crippen molar-refractivity contribution in [3.8, 4) is 5.88 Å². The van der Waals surface area contributed by atoms with E-state index < -0.39 is 34.6 Å². The molecular weight excluding hydrogens is 244 g/mol. The number of H-pyrrole nitrogens is 1. The summed E-state index contributed by atoms with van der Waals surface area (Å²) < 4.78 is 4.86. The zero-order valence-corrected chi connectivity index (χ0v) is 9.80. The van der Waals surface area contributed by atoms with Gasteiger partial charge in [-0.1, -0.05) is 0 Å². The molecule has 0 atom stereocenters. The van der Waals surface area contributed by atoms with E-state index in [9.17, 15) is 19.7 Å². The maximum atomic E-state index is 11.3. The van der Waals surface area contributed by atoms with Crippen molar-refractivity contribution in [2.75, 3.05) is 6.61 Å². The number of nitrogens with one attached hydrogen (secondary N) is 2. The van der Waals surface area contributed by atoms with E-state index in [0.29, 0.717) is 0 Å². The zero-order chi connectivity index (χ0) is 13.7. The summed E-state index contributed by atoms with van der Waals surface area (Å²) in [6.45, 7) is 3.06. The normalized spacial score (nSPS) is 10.2. The summed E-state index contributed by atoms with van der Waals surface area (Å²) in [7, 11) is 0. The number of hydrogen-bond acceptors (Lipinski definition) is 6. The standard InChI is InChI=1S/C9H12N4O5/c1-5(2)12-6(14)3-18-9-7(13(16)17)8(15)10-4-11-9/h4-5H,3H2,1-2H3,(H,12,14)(H,10,11,15). The van der Waals surface area contributed by atoms with Gasteiger partial charge in [0.25, 0.3) is 5.91 Å². The molecular formula is C9H12N4O5. The lowest BCUT2D eigenvalue weighted by Gasteiger charge is -2.08. The van der Waals surface area contributed by atoms with Gasteiger partial charge in [0.1, 0.15) is 0 Å². The number of nitro groups is 1. The Morgan fingerprint density at radius 2 is 2.33 bits per heavy atom. The summed E-state index contributed by atoms with van der Waals surface area (Å²) in [5.41, 5.74) is -1.76. The second kappa shape index (κ2) is 5.75. The SMILES string of the molecule is CC(C)NC(=O)COc1nc[nH]c(=O)c1[N+](=O)[O-]. The first kappa shape index (κ1) is 13.6. The molecule has 0 aliphatic heterocycles. The van der Waals surface area contributed by atoms with Crippen molar-refractivity contribution in [2.45, 2.75) is 19.9 Å². The van der Waals surface area contributed by atoms with Crippen LogP contribution in [0.25, 0.3) is 0 Å². The summed E-state index contributed by atoms with van der Waals surface area (Å²) in [4.78, 5) is 37.7. The highest BCUT2D eigenvalue weighted by Crippen LogP contribution is 2.17. The van der Waals surface area contributed by atoms with Crippen LogP contribution in [0.1, 0.15) is 13.8 Å². The predicted octanol–water partition coefficient (Wildman–Crippen LogP) is -0.419. The number of carbonyl (C=O) groups is 1. The van der Waals surface area contributed by atoms with Crippen molar-refractivity contribution in [1.29, 1.82) is 0 Å². The third-order valence-electron chi connectivity index (χ3n) is 1.77. The van der Waals surface area contributed by atoms with Crippen LogP contribution in [0.4, 0.5) is 5.69 Å². The molecule has 1 amide bonds. The van der Waals surface area contributed by atoms with Gasteiger partial charge in [0.05, 0.1) is 11.3 Å². The molecule has 18 heavy (non-hydrogen) atoms. The van der Waals surface area contributed by atoms with E-state index in [1.807, 2.05) is 0 Å². The number of amides is 1. The molecule has 0 aromatic carbocycles. The number of aromatic amines is 1. The maximum Gasteiger partial charge on any atom is 0.395 e. The van der Waals surface area contributed by atoms with Crippen LogP contribution in [0.2, 0.25) is 0 Å². The average molecular weight is 256 g/mol. The molecule has 0 saturated heterocycles. The molecule has 9 nitrogen and oxygen atoms in total. The lowest BCUT2D eigenvalue weighted by atomic mass is 10.4. The third-order valence-corrected chi connectivity index (χ3v) is 1.77. The maximum absolute atomic E-state index is 11.3. The lowest BCUT2D eigenvalue weighted by Crippen LogP contribution is -2.34. The Morgan fingerprint density at radius 3 is 2.89 bits per heavy atom. The molecule has 0 saturated carbocycles. The Morgan fingerprint density at radius 1 is 1.67 bits per heavy atom. The minimum absolute atomic E-state index is 0.0804. The Labute approximate surface area is 101 Å². The number of carbonyl (C=O) groups excluding carboxylic acids is 1. The summed E-state index contributed by atoms with van der Waals surface area (Å²) >= 11 is 0. The second-order valence-electron chi connectivity index (χ2n) is 3.65. The van der Waals surface area contributed by atoms with Crippen LogP contribution in [-0.4, -0.2) is 33.4 Å². The molecule has 98 valence electrons. The predicted molar refractivity (Wildman–Crippen MR) is 60.3 cm³/mol. The number of rotatable bonds is 5. The molecule has 2 N–H and O–H groups in total. The first-order valence-corrected chi connectivity index (χ1v) is 5.06. The van der Waals surface area contributed by atoms with Crippen molar-refractivity contribution >= 4 is 11.6 Å². The van der Waals surface area contributed by atoms with Crippen LogP contribution >= 0.6 is 0 Å². The fourth-order valence-electron chi connectivity index (χ4n) is 1.14. The van der Waals surface area contributed by atoms with E-state index in [1.54, 1.807) is 13.8 Å². The molecule has 0 fully saturated rings. The van der Waals surface area contributed by atoms with Gasteiger partial charge in [0, 0.05) is 6.04 Å². The number of ether oxygens (including phenoxy) is 1. The molecule has 0 unspecified atom stereocenters. The van der Waals surface area contributed by atoms with Gasteiger partial charge in [-0.2, -0.15) is 4.98 Å². The molecule has 0 spiro atoms. The van der Waals surface area contributed by atoms with Gasteiger partial charge in [-0.15, -0.1) is 0 Å². The highest BCUT2D eigenvalue weighted by atomic mass is 16.6. The summed E-state index contributed by atoms with van der Waals surface area (Å²) in [5, 5.41) is 13.2. The Balaban J connectivity index is 2.80. The van der Waals surface area contributed by atoms with E-state index in [1.165, 1.54) is 0 Å². The van der Waals surface area contributed by atoms with E-state index in [2.05, 4.69) is 15.3 Å². The molecule has 0 radical (unpaired) electrons. The highest BCUT2D eigenvalue weighted by molar-refractivity contribution is 5.77. The van der Waals surface area contributed by atoms with Crippen LogP contribution in [0.3, 0.4) is 0 Å². The topological polar surface area (TPSA) is 127 Å². The first-order chi connectivity index (χ1) is 8.41. The summed E-state index contributed by atoms with van der Waals surface area (Å²) in [6.07, 6.45) is 0.963. The van der Waals surface area contributed by atoms with Gasteiger partial charge in [-0.05, 0) is 13.8 Å². The quantitative estimate of drug-likeness (QED) is 0.544. The molecule has 0 aliphatic rings. The van der Waals surface area contributed by atoms with E-state index in [-0.39, 0.29) is 6.04 Å². The monoisotopic (exact) mass is 256 g/mol. The van der Waals surface area contributed by atoms with Crippen molar-refractivity contribution in [3.05, 3.63) is 26.8 Å². The van der Waals surface area contributed by atoms with Crippen LogP contribution < -0.4 is 15.6 Å². The number of aromatic nitrogens is 2. The number of hydrogen-bond donors (Lipinski definition) is 2. The van der Waals surface area contributed by atoms with Crippen LogP contribution in [0.15, 0.2) is 11.1 Å². The van der Waals surface area contributed by atoms with Gasteiger partial charge < -0.3 is 15.0 Å². The fourth-order valence-corrected chi connectivity index (χ4v) is 1.14. The first-order valence-electron chi connectivity index (χ1n) is 5.06. The van der Waals surface area contributed by atoms with Gasteiger partial charge in [-0.3, -0.25) is 19.7 Å². The summed E-state index contributed by atoms with van der Waals surface area (Å²) in [5.74, 6) is -0.941. The molecule has 1 aromatic rings. The van der Waals surface area contributed by atoms with Crippen LogP contribution in [0.5, 0.6) is 5.88 Å². The number of nitrogens with zero attached hydrogens (tertiary/aromatic N) is 2. The zero-order valence-electron chi connectivity index (χ0n) is 9.80. The fraction of sp³-hybridized carbons (Fsp3) is 0.444. The van der Waals surface area contributed by atoms with Crippen LogP contribution in [0, 0.1) is 10.1 Å². The van der Waals surface area contributed by atoms with Crippen molar-refractivity contribution in [2.24, 2.45) is 0 Å². The molecule has 1 aromatic heterocycles. The molecule has 1 rings (SSSR count). The van der Waals surface area contributed by atoms with Crippen molar-refractivity contribution in [3.63, 3.8) is 0 Å². The second-order valence-corrected chi connectivity index (χ2v) is 3.65. The minimum Gasteiger partial charge on any atom is -0.463 e. The van der Waals surface area contributed by atoms with Gasteiger partial charge in [-0.25, -0.2) is 0 Å². The van der Waals surface area contributed by atoms with Crippen molar-refractivity contribution < 1.29 is 14.5 Å². The summed E-state index contributed by atoms with van der Waals surface area (Å²) in [6, 6.07) is -0.0804. The molecule has 9 heteroatoms. The van der Waals surface area contributed by atoms with Crippen LogP contribution in [-0.2, 0) is 4.79 Å². The molecule has 0 aliphatic carbocycles. The van der Waals surface area contributed by atoms with Gasteiger partial charge in [0.2, 0.25) is 0 Å². The molecule has 0 bridgehead atoms. The van der Waals surface area contributed by atoms with Gasteiger partial charge in [0.15, 0.2) is 6.61 Å². The van der Waals surface area contributed by atoms with E-state index >= 15 is 0 Å².